The lowest BCUT2D eigenvalue weighted by atomic mass is 10.1. The van der Waals surface area contributed by atoms with Crippen molar-refractivity contribution in [3.05, 3.63) is 95.6 Å². The maximum Gasteiger partial charge on any atom is 0.228 e. The third-order valence-electron chi connectivity index (χ3n) is 4.01. The second kappa shape index (κ2) is 8.90. The molecule has 0 saturated heterocycles. The van der Waals surface area contributed by atoms with Crippen LogP contribution in [0.1, 0.15) is 11.1 Å². The minimum atomic E-state index is -0.599. The van der Waals surface area contributed by atoms with Crippen LogP contribution in [0, 0.1) is 11.6 Å². The average Bonchev–Trinajstić information content (AvgIpc) is 2.67. The van der Waals surface area contributed by atoms with Gasteiger partial charge >= 0.3 is 0 Å². The molecule has 0 radical (unpaired) electrons. The Bertz CT molecular complexity index is 974. The molecule has 142 valence electrons. The molecule has 0 saturated carbocycles. The van der Waals surface area contributed by atoms with Crippen molar-refractivity contribution >= 4 is 23.2 Å². The van der Waals surface area contributed by atoms with Crippen molar-refractivity contribution < 1.29 is 18.4 Å². The molecule has 0 heterocycles. The van der Waals surface area contributed by atoms with Gasteiger partial charge in [0.1, 0.15) is 11.6 Å². The van der Waals surface area contributed by atoms with Crippen LogP contribution in [0.4, 0.5) is 20.2 Å². The van der Waals surface area contributed by atoms with Crippen molar-refractivity contribution in [2.75, 3.05) is 10.6 Å². The van der Waals surface area contributed by atoms with Crippen molar-refractivity contribution in [2.24, 2.45) is 0 Å². The minimum absolute atomic E-state index is 0.0134. The summed E-state index contributed by atoms with van der Waals surface area (Å²) in [6.07, 6.45) is 0.161. The molecule has 4 nitrogen and oxygen atoms in total. The molecule has 6 heteroatoms. The summed E-state index contributed by atoms with van der Waals surface area (Å²) < 4.78 is 27.0. The van der Waals surface area contributed by atoms with Gasteiger partial charge in [-0.25, -0.2) is 8.78 Å². The molecule has 0 aliphatic carbocycles. The molecule has 0 unspecified atom stereocenters. The molecule has 0 aromatic heterocycles. The maximum atomic E-state index is 14.0. The first-order chi connectivity index (χ1) is 13.5. The first kappa shape index (κ1) is 19.2. The van der Waals surface area contributed by atoms with Gasteiger partial charge in [-0.05, 0) is 41.5 Å². The molecule has 2 N–H and O–H groups in total. The van der Waals surface area contributed by atoms with Gasteiger partial charge in [-0.15, -0.1) is 0 Å². The van der Waals surface area contributed by atoms with Crippen LogP contribution in [0.2, 0.25) is 0 Å². The Labute approximate surface area is 161 Å². The summed E-state index contributed by atoms with van der Waals surface area (Å²) in [5.74, 6) is -1.67. The molecule has 0 aliphatic heterocycles. The number of nitrogens with one attached hydrogen (secondary N) is 2. The van der Waals surface area contributed by atoms with E-state index < -0.39 is 5.82 Å². The van der Waals surface area contributed by atoms with Crippen LogP contribution in [-0.4, -0.2) is 11.8 Å². The lowest BCUT2D eigenvalue weighted by molar-refractivity contribution is -0.116. The van der Waals surface area contributed by atoms with E-state index >= 15 is 0 Å². The largest absolute Gasteiger partial charge is 0.326 e. The van der Waals surface area contributed by atoms with Crippen molar-refractivity contribution in [3.8, 4) is 0 Å². The van der Waals surface area contributed by atoms with E-state index in [9.17, 15) is 18.4 Å². The Morgan fingerprint density at radius 1 is 0.714 bits per heavy atom. The summed E-state index contributed by atoms with van der Waals surface area (Å²) in [6.45, 7) is 0. The highest BCUT2D eigenvalue weighted by Crippen LogP contribution is 2.20. The van der Waals surface area contributed by atoms with Crippen molar-refractivity contribution in [2.45, 2.75) is 12.8 Å². The fourth-order valence-electron chi connectivity index (χ4n) is 2.67. The molecule has 3 rings (SSSR count). The number of halogens is 2. The first-order valence-electron chi connectivity index (χ1n) is 8.67. The molecule has 0 atom stereocenters. The monoisotopic (exact) mass is 380 g/mol. The van der Waals surface area contributed by atoms with Crippen LogP contribution in [0.5, 0.6) is 0 Å². The SMILES string of the molecule is O=C(Cc1ccc(F)cc1)Nc1ccc(F)c(NC(=O)Cc2ccccc2)c1. The van der Waals surface area contributed by atoms with Crippen LogP contribution in [0.15, 0.2) is 72.8 Å². The molecule has 0 aliphatic rings. The summed E-state index contributed by atoms with van der Waals surface area (Å²) in [4.78, 5) is 24.3. The zero-order valence-corrected chi connectivity index (χ0v) is 14.9. The van der Waals surface area contributed by atoms with Gasteiger partial charge in [0.05, 0.1) is 18.5 Å². The van der Waals surface area contributed by atoms with Gasteiger partial charge in [0.15, 0.2) is 0 Å². The quantitative estimate of drug-likeness (QED) is 0.669. The number of rotatable bonds is 6. The molecule has 0 bridgehead atoms. The summed E-state index contributed by atoms with van der Waals surface area (Å²) in [5.41, 5.74) is 1.80. The minimum Gasteiger partial charge on any atom is -0.326 e. The lowest BCUT2D eigenvalue weighted by Crippen LogP contribution is -2.17. The van der Waals surface area contributed by atoms with E-state index in [1.54, 1.807) is 0 Å². The second-order valence-electron chi connectivity index (χ2n) is 6.26. The van der Waals surface area contributed by atoms with Crippen molar-refractivity contribution in [3.63, 3.8) is 0 Å². The molecule has 0 spiro atoms. The molecule has 0 fully saturated rings. The van der Waals surface area contributed by atoms with E-state index in [2.05, 4.69) is 10.6 Å². The van der Waals surface area contributed by atoms with Gasteiger partial charge in [0.25, 0.3) is 0 Å². The molecule has 2 amide bonds. The normalized spacial score (nSPS) is 10.4. The number of hydrogen-bond donors (Lipinski definition) is 2. The summed E-state index contributed by atoms with van der Waals surface area (Å²) in [7, 11) is 0. The van der Waals surface area contributed by atoms with Crippen molar-refractivity contribution in [1.29, 1.82) is 0 Å². The van der Waals surface area contributed by atoms with E-state index in [0.29, 0.717) is 11.3 Å². The molecular weight excluding hydrogens is 362 g/mol. The summed E-state index contributed by atoms with van der Waals surface area (Å²) in [6, 6.07) is 18.6. The first-order valence-corrected chi connectivity index (χ1v) is 8.67. The maximum absolute atomic E-state index is 14.0. The van der Waals surface area contributed by atoms with Gasteiger partial charge in [0, 0.05) is 5.69 Å². The Morgan fingerprint density at radius 2 is 1.32 bits per heavy atom. The van der Waals surface area contributed by atoms with E-state index in [4.69, 9.17) is 0 Å². The number of anilines is 2. The van der Waals surface area contributed by atoms with Crippen LogP contribution < -0.4 is 10.6 Å². The Hall–Kier alpha value is -3.54. The van der Waals surface area contributed by atoms with E-state index in [1.807, 2.05) is 30.3 Å². The summed E-state index contributed by atoms with van der Waals surface area (Å²) >= 11 is 0. The van der Waals surface area contributed by atoms with Gasteiger partial charge < -0.3 is 10.6 Å². The standard InChI is InChI=1S/C22H18F2N2O2/c23-17-8-6-16(7-9-17)13-21(27)25-18-10-11-19(24)20(14-18)26-22(28)12-15-4-2-1-3-5-15/h1-11,14H,12-13H2,(H,25,27)(H,26,28). The molecular formula is C22H18F2N2O2. The third-order valence-corrected chi connectivity index (χ3v) is 4.01. The highest BCUT2D eigenvalue weighted by Gasteiger charge is 2.11. The van der Waals surface area contributed by atoms with E-state index in [-0.39, 0.29) is 36.2 Å². The number of benzene rings is 3. The highest BCUT2D eigenvalue weighted by molar-refractivity contribution is 5.95. The highest BCUT2D eigenvalue weighted by atomic mass is 19.1. The van der Waals surface area contributed by atoms with Crippen LogP contribution in [-0.2, 0) is 22.4 Å². The zero-order chi connectivity index (χ0) is 19.9. The smallest absolute Gasteiger partial charge is 0.228 e. The van der Waals surface area contributed by atoms with E-state index in [0.717, 1.165) is 5.56 Å². The van der Waals surface area contributed by atoms with Gasteiger partial charge in [-0.2, -0.15) is 0 Å². The van der Waals surface area contributed by atoms with Crippen LogP contribution in [0.3, 0.4) is 0 Å². The second-order valence-corrected chi connectivity index (χ2v) is 6.26. The zero-order valence-electron chi connectivity index (χ0n) is 14.9. The molecule has 3 aromatic carbocycles. The lowest BCUT2D eigenvalue weighted by Gasteiger charge is -2.10. The molecule has 28 heavy (non-hydrogen) atoms. The number of carbonyl (C=O) groups is 2. The number of amides is 2. The third kappa shape index (κ3) is 5.48. The van der Waals surface area contributed by atoms with Gasteiger partial charge in [-0.3, -0.25) is 9.59 Å². The van der Waals surface area contributed by atoms with E-state index in [1.165, 1.54) is 42.5 Å². The van der Waals surface area contributed by atoms with Crippen LogP contribution >= 0.6 is 0 Å². The number of carbonyl (C=O) groups excluding carboxylic acids is 2. The Morgan fingerprint density at radius 3 is 2.00 bits per heavy atom. The Kier molecular flexibility index (Phi) is 6.11. The fourth-order valence-corrected chi connectivity index (χ4v) is 2.67. The van der Waals surface area contributed by atoms with Crippen LogP contribution in [0.25, 0.3) is 0 Å². The topological polar surface area (TPSA) is 58.2 Å². The number of hydrogen-bond acceptors (Lipinski definition) is 2. The predicted octanol–water partition coefficient (Wildman–Crippen LogP) is 4.33. The Balaban J connectivity index is 1.62. The molecule has 3 aromatic rings. The van der Waals surface area contributed by atoms with Crippen molar-refractivity contribution in [1.82, 2.24) is 0 Å². The van der Waals surface area contributed by atoms with Gasteiger partial charge in [0.2, 0.25) is 11.8 Å². The summed E-state index contributed by atoms with van der Waals surface area (Å²) in [5, 5.41) is 5.17. The fraction of sp³-hybridized carbons (Fsp3) is 0.0909. The average molecular weight is 380 g/mol. The predicted molar refractivity (Wildman–Crippen MR) is 104 cm³/mol. The van der Waals surface area contributed by atoms with Gasteiger partial charge in [-0.1, -0.05) is 42.5 Å².